The van der Waals surface area contributed by atoms with Gasteiger partial charge >= 0.3 is 6.11 Å². The van der Waals surface area contributed by atoms with Crippen LogP contribution in [0.3, 0.4) is 0 Å². The van der Waals surface area contributed by atoms with E-state index in [-0.39, 0.29) is 18.9 Å². The third-order valence-electron chi connectivity index (χ3n) is 7.71. The number of rotatable bonds is 15. The number of halogens is 2. The fraction of sp³-hybridized carbons (Fsp3) is 0.926. The molecule has 0 unspecified atom stereocenters. The van der Waals surface area contributed by atoms with Gasteiger partial charge in [-0.05, 0) is 62.2 Å². The zero-order chi connectivity index (χ0) is 21.7. The predicted molar refractivity (Wildman–Crippen MR) is 124 cm³/mol. The largest absolute Gasteiger partial charge is 0.356 e. The summed E-state index contributed by atoms with van der Waals surface area (Å²) in [6, 6.07) is 0. The number of alkyl halides is 2. The van der Waals surface area contributed by atoms with Gasteiger partial charge in [0, 0.05) is 6.42 Å². The Hall–Kier alpha value is -0.440. The summed E-state index contributed by atoms with van der Waals surface area (Å²) in [4.78, 5) is 0. The Kier molecular flexibility index (Phi) is 12.6. The van der Waals surface area contributed by atoms with E-state index in [0.717, 1.165) is 44.4 Å². The van der Waals surface area contributed by atoms with Crippen LogP contribution in [0.2, 0.25) is 0 Å². The summed E-state index contributed by atoms with van der Waals surface area (Å²) in [6.45, 7) is 6.35. The van der Waals surface area contributed by atoms with Crippen LogP contribution in [0, 0.1) is 23.7 Å². The van der Waals surface area contributed by atoms with Gasteiger partial charge < -0.3 is 4.74 Å². The molecule has 0 aromatic carbocycles. The number of hydrogen-bond donors (Lipinski definition) is 0. The van der Waals surface area contributed by atoms with Crippen LogP contribution in [0.1, 0.15) is 122 Å². The van der Waals surface area contributed by atoms with Crippen molar-refractivity contribution in [2.75, 3.05) is 6.61 Å². The van der Waals surface area contributed by atoms with Gasteiger partial charge in [0.15, 0.2) is 0 Å². The smallest absolute Gasteiger partial charge is 0.320 e. The number of hydrogen-bond acceptors (Lipinski definition) is 1. The molecule has 0 saturated heterocycles. The highest BCUT2D eigenvalue weighted by Crippen LogP contribution is 2.38. The first-order valence-corrected chi connectivity index (χ1v) is 13.2. The van der Waals surface area contributed by atoms with Gasteiger partial charge in [0.2, 0.25) is 0 Å². The van der Waals surface area contributed by atoms with Gasteiger partial charge in [-0.1, -0.05) is 83.6 Å². The Morgan fingerprint density at radius 2 is 1.30 bits per heavy atom. The van der Waals surface area contributed by atoms with E-state index in [9.17, 15) is 8.78 Å². The summed E-state index contributed by atoms with van der Waals surface area (Å²) < 4.78 is 33.8. The van der Waals surface area contributed by atoms with Gasteiger partial charge in [-0.15, -0.1) is 6.58 Å². The van der Waals surface area contributed by atoms with E-state index in [1.54, 1.807) is 0 Å². The highest BCUT2D eigenvalue weighted by molar-refractivity contribution is 4.84. The van der Waals surface area contributed by atoms with Crippen molar-refractivity contribution >= 4 is 0 Å². The van der Waals surface area contributed by atoms with E-state index in [2.05, 4.69) is 13.5 Å². The molecular formula is C27H48F2O. The SMILES string of the molecule is C=CC1CCC(CC(F)(F)OCC2CCC(CCCCCCCCCC)CC2)CC1. The molecule has 2 fully saturated rings. The van der Waals surface area contributed by atoms with Gasteiger partial charge in [0.1, 0.15) is 0 Å². The summed E-state index contributed by atoms with van der Waals surface area (Å²) in [5.74, 6) is 1.79. The lowest BCUT2D eigenvalue weighted by Gasteiger charge is -2.32. The molecule has 0 atom stereocenters. The predicted octanol–water partition coefficient (Wildman–Crippen LogP) is 9.32. The zero-order valence-corrected chi connectivity index (χ0v) is 19.7. The lowest BCUT2D eigenvalue weighted by atomic mass is 9.80. The molecule has 0 aliphatic heterocycles. The average Bonchev–Trinajstić information content (AvgIpc) is 2.75. The molecule has 0 N–H and O–H groups in total. The van der Waals surface area contributed by atoms with E-state index in [4.69, 9.17) is 4.74 Å². The molecule has 0 bridgehead atoms. The molecule has 2 aliphatic carbocycles. The van der Waals surface area contributed by atoms with Crippen LogP contribution >= 0.6 is 0 Å². The van der Waals surface area contributed by atoms with Crippen LogP contribution in [0.5, 0.6) is 0 Å². The van der Waals surface area contributed by atoms with Crippen molar-refractivity contribution < 1.29 is 13.5 Å². The van der Waals surface area contributed by atoms with Crippen molar-refractivity contribution in [3.63, 3.8) is 0 Å². The van der Waals surface area contributed by atoms with E-state index in [1.807, 2.05) is 6.08 Å². The number of ether oxygens (including phenoxy) is 1. The Bertz CT molecular complexity index is 434. The summed E-state index contributed by atoms with van der Waals surface area (Å²) in [7, 11) is 0. The third-order valence-corrected chi connectivity index (χ3v) is 7.71. The molecule has 0 heterocycles. The molecule has 0 aromatic heterocycles. The molecule has 2 rings (SSSR count). The van der Waals surface area contributed by atoms with Crippen molar-refractivity contribution in [2.24, 2.45) is 23.7 Å². The molecule has 0 amide bonds. The van der Waals surface area contributed by atoms with Crippen LogP contribution in [0.15, 0.2) is 12.7 Å². The standard InChI is InChI=1S/C27H48F2O/c1-3-5-6-7-8-9-10-11-12-24-15-19-26(20-16-24)22-30-27(28,29)21-25-17-13-23(4-2)14-18-25/h4,23-26H,2-3,5-22H2,1H3. The summed E-state index contributed by atoms with van der Waals surface area (Å²) >= 11 is 0. The summed E-state index contributed by atoms with van der Waals surface area (Å²) in [5, 5.41) is 0. The first kappa shape index (κ1) is 25.8. The lowest BCUT2D eigenvalue weighted by Crippen LogP contribution is -2.30. The molecule has 1 nitrogen and oxygen atoms in total. The van der Waals surface area contributed by atoms with Crippen molar-refractivity contribution in [3.05, 3.63) is 12.7 Å². The molecule has 30 heavy (non-hydrogen) atoms. The van der Waals surface area contributed by atoms with E-state index in [1.165, 1.54) is 70.6 Å². The average molecular weight is 427 g/mol. The van der Waals surface area contributed by atoms with Gasteiger partial charge in [-0.25, -0.2) is 0 Å². The van der Waals surface area contributed by atoms with Crippen molar-refractivity contribution in [3.8, 4) is 0 Å². The van der Waals surface area contributed by atoms with Crippen LogP contribution < -0.4 is 0 Å². The fourth-order valence-corrected chi connectivity index (χ4v) is 5.52. The highest BCUT2D eigenvalue weighted by Gasteiger charge is 2.36. The Morgan fingerprint density at radius 1 is 0.767 bits per heavy atom. The van der Waals surface area contributed by atoms with Crippen LogP contribution in [-0.4, -0.2) is 12.7 Å². The second kappa shape index (κ2) is 14.6. The Labute approximate surface area is 185 Å². The quantitative estimate of drug-likeness (QED) is 0.187. The molecule has 176 valence electrons. The monoisotopic (exact) mass is 426 g/mol. The zero-order valence-electron chi connectivity index (χ0n) is 19.7. The molecule has 2 aliphatic rings. The first-order chi connectivity index (χ1) is 14.5. The minimum absolute atomic E-state index is 0.0926. The highest BCUT2D eigenvalue weighted by atomic mass is 19.3. The fourth-order valence-electron chi connectivity index (χ4n) is 5.52. The van der Waals surface area contributed by atoms with Crippen LogP contribution in [0.4, 0.5) is 8.78 Å². The van der Waals surface area contributed by atoms with Crippen molar-refractivity contribution in [2.45, 2.75) is 129 Å². The van der Waals surface area contributed by atoms with Gasteiger partial charge in [-0.2, -0.15) is 8.78 Å². The minimum atomic E-state index is -2.94. The van der Waals surface area contributed by atoms with Gasteiger partial charge in [0.25, 0.3) is 0 Å². The van der Waals surface area contributed by atoms with Crippen molar-refractivity contribution in [1.82, 2.24) is 0 Å². The maximum atomic E-state index is 14.3. The Balaban J connectivity index is 1.49. The molecule has 3 heteroatoms. The number of allylic oxidation sites excluding steroid dienone is 1. The first-order valence-electron chi connectivity index (χ1n) is 13.2. The van der Waals surface area contributed by atoms with E-state index >= 15 is 0 Å². The summed E-state index contributed by atoms with van der Waals surface area (Å²) in [6.07, 6.45) is 19.7. The van der Waals surface area contributed by atoms with Crippen LogP contribution in [0.25, 0.3) is 0 Å². The minimum Gasteiger partial charge on any atom is -0.320 e. The molecule has 0 spiro atoms. The third kappa shape index (κ3) is 10.7. The summed E-state index contributed by atoms with van der Waals surface area (Å²) in [5.41, 5.74) is 0. The Morgan fingerprint density at radius 3 is 1.90 bits per heavy atom. The van der Waals surface area contributed by atoms with Gasteiger partial charge in [0.05, 0.1) is 6.61 Å². The lowest BCUT2D eigenvalue weighted by molar-refractivity contribution is -0.256. The number of unbranched alkanes of at least 4 members (excludes halogenated alkanes) is 7. The van der Waals surface area contributed by atoms with E-state index in [0.29, 0.717) is 11.8 Å². The second-order valence-electron chi connectivity index (χ2n) is 10.3. The molecular weight excluding hydrogens is 378 g/mol. The van der Waals surface area contributed by atoms with Crippen molar-refractivity contribution in [1.29, 1.82) is 0 Å². The normalized spacial score (nSPS) is 27.8. The second-order valence-corrected chi connectivity index (χ2v) is 10.3. The maximum Gasteiger partial charge on any atom is 0.356 e. The molecule has 0 radical (unpaired) electrons. The van der Waals surface area contributed by atoms with Crippen LogP contribution in [-0.2, 0) is 4.74 Å². The topological polar surface area (TPSA) is 9.23 Å². The van der Waals surface area contributed by atoms with E-state index < -0.39 is 6.11 Å². The van der Waals surface area contributed by atoms with Gasteiger partial charge in [-0.3, -0.25) is 0 Å². The maximum absolute atomic E-state index is 14.3. The molecule has 0 aromatic rings. The molecule has 2 saturated carbocycles.